The molecule has 1 aromatic rings. The van der Waals surface area contributed by atoms with Gasteiger partial charge in [0.15, 0.2) is 14.0 Å². The lowest BCUT2D eigenvalue weighted by Gasteiger charge is -2.32. The summed E-state index contributed by atoms with van der Waals surface area (Å²) in [5.74, 6) is 0.156. The van der Waals surface area contributed by atoms with E-state index in [1.165, 1.54) is 5.56 Å². The number of carbonyl (C=O) groups is 1. The SMILES string of the molecule is CCC(=O)C(CC)=NN(Cc1ccccc1)[Si](C)(C)C. The van der Waals surface area contributed by atoms with Crippen molar-refractivity contribution in [3.8, 4) is 0 Å². The molecule has 0 amide bonds. The van der Waals surface area contributed by atoms with Gasteiger partial charge >= 0.3 is 0 Å². The summed E-state index contributed by atoms with van der Waals surface area (Å²) in [7, 11) is -1.61. The van der Waals surface area contributed by atoms with Gasteiger partial charge in [0.2, 0.25) is 0 Å². The summed E-state index contributed by atoms with van der Waals surface area (Å²) in [4.78, 5) is 11.9. The molecule has 0 saturated carbocycles. The largest absolute Gasteiger partial charge is 0.320 e. The zero-order chi connectivity index (χ0) is 15.2. The average molecular weight is 290 g/mol. The Kier molecular flexibility index (Phi) is 6.14. The minimum Gasteiger partial charge on any atom is -0.320 e. The van der Waals surface area contributed by atoms with E-state index in [1.807, 2.05) is 32.0 Å². The van der Waals surface area contributed by atoms with Crippen molar-refractivity contribution in [3.63, 3.8) is 0 Å². The first-order valence-electron chi connectivity index (χ1n) is 7.30. The second kappa shape index (κ2) is 7.38. The lowest BCUT2D eigenvalue weighted by molar-refractivity contribution is -0.112. The highest BCUT2D eigenvalue weighted by atomic mass is 28.3. The molecule has 110 valence electrons. The predicted molar refractivity (Wildman–Crippen MR) is 88.4 cm³/mol. The normalized spacial score (nSPS) is 12.3. The number of benzene rings is 1. The molecule has 3 nitrogen and oxygen atoms in total. The Bertz CT molecular complexity index is 463. The fraction of sp³-hybridized carbons (Fsp3) is 0.500. The molecule has 0 aromatic heterocycles. The number of hydrogen-bond donors (Lipinski definition) is 0. The fourth-order valence-electron chi connectivity index (χ4n) is 1.85. The van der Waals surface area contributed by atoms with Gasteiger partial charge in [-0.15, -0.1) is 0 Å². The van der Waals surface area contributed by atoms with E-state index in [-0.39, 0.29) is 5.78 Å². The third-order valence-corrected chi connectivity index (χ3v) is 4.98. The van der Waals surface area contributed by atoms with Gasteiger partial charge in [0.1, 0.15) is 5.71 Å². The molecule has 0 atom stereocenters. The molecule has 0 radical (unpaired) electrons. The maximum absolute atomic E-state index is 11.9. The Morgan fingerprint density at radius 3 is 2.15 bits per heavy atom. The molecule has 20 heavy (non-hydrogen) atoms. The van der Waals surface area contributed by atoms with Crippen LogP contribution >= 0.6 is 0 Å². The summed E-state index contributed by atoms with van der Waals surface area (Å²) in [6.07, 6.45) is 1.22. The van der Waals surface area contributed by atoms with Crippen LogP contribution in [0, 0.1) is 0 Å². The van der Waals surface area contributed by atoms with Crippen molar-refractivity contribution in [2.45, 2.75) is 52.9 Å². The Balaban J connectivity index is 3.01. The molecule has 0 spiro atoms. The van der Waals surface area contributed by atoms with Crippen molar-refractivity contribution >= 4 is 19.7 Å². The molecule has 4 heteroatoms. The van der Waals surface area contributed by atoms with Crippen molar-refractivity contribution in [2.75, 3.05) is 0 Å². The van der Waals surface area contributed by atoms with E-state index in [4.69, 9.17) is 5.10 Å². The van der Waals surface area contributed by atoms with Crippen LogP contribution in [0.15, 0.2) is 35.4 Å². The van der Waals surface area contributed by atoms with Crippen molar-refractivity contribution in [2.24, 2.45) is 5.10 Å². The van der Waals surface area contributed by atoms with E-state index >= 15 is 0 Å². The summed E-state index contributed by atoms with van der Waals surface area (Å²) in [5.41, 5.74) is 1.93. The highest BCUT2D eigenvalue weighted by molar-refractivity contribution is 6.73. The van der Waals surface area contributed by atoms with Gasteiger partial charge in [0.25, 0.3) is 0 Å². The Morgan fingerprint density at radius 1 is 1.10 bits per heavy atom. The molecule has 0 unspecified atom stereocenters. The van der Waals surface area contributed by atoms with Crippen LogP contribution in [-0.2, 0) is 11.3 Å². The number of hydrogen-bond acceptors (Lipinski definition) is 3. The van der Waals surface area contributed by atoms with Gasteiger partial charge in [-0.3, -0.25) is 4.79 Å². The standard InChI is InChI=1S/C16H26N2OSi/c1-6-15(16(19)7-2)17-18(20(3,4)5)13-14-11-9-8-10-12-14/h8-12H,6-7,13H2,1-5H3. The molecule has 0 aliphatic carbocycles. The monoisotopic (exact) mass is 290 g/mol. The van der Waals surface area contributed by atoms with Gasteiger partial charge in [0, 0.05) is 6.42 Å². The quantitative estimate of drug-likeness (QED) is 0.431. The minimum absolute atomic E-state index is 0.156. The van der Waals surface area contributed by atoms with E-state index in [9.17, 15) is 4.79 Å². The van der Waals surface area contributed by atoms with Gasteiger partial charge in [0.05, 0.1) is 6.54 Å². The van der Waals surface area contributed by atoms with Crippen LogP contribution in [0.3, 0.4) is 0 Å². The smallest absolute Gasteiger partial charge is 0.178 e. The summed E-state index contributed by atoms with van der Waals surface area (Å²) in [6.45, 7) is 11.4. The second-order valence-electron chi connectivity index (χ2n) is 5.89. The van der Waals surface area contributed by atoms with Gasteiger partial charge in [-0.1, -0.05) is 63.8 Å². The third-order valence-electron chi connectivity index (χ3n) is 3.17. The minimum atomic E-state index is -1.61. The van der Waals surface area contributed by atoms with Gasteiger partial charge in [-0.2, -0.15) is 5.10 Å². The molecule has 1 aromatic carbocycles. The van der Waals surface area contributed by atoms with Crippen molar-refractivity contribution < 1.29 is 4.79 Å². The zero-order valence-electron chi connectivity index (χ0n) is 13.3. The molecule has 0 aliphatic heterocycles. The van der Waals surface area contributed by atoms with Gasteiger partial charge in [-0.05, 0) is 12.0 Å². The molecular formula is C16H26N2OSi. The maximum Gasteiger partial charge on any atom is 0.178 e. The van der Waals surface area contributed by atoms with Crippen LogP contribution in [0.1, 0.15) is 32.3 Å². The molecule has 0 heterocycles. The van der Waals surface area contributed by atoms with Crippen LogP contribution in [0.25, 0.3) is 0 Å². The number of ketones is 1. The third kappa shape index (κ3) is 4.93. The molecule has 0 N–H and O–H groups in total. The molecule has 1 rings (SSSR count). The van der Waals surface area contributed by atoms with E-state index in [1.54, 1.807) is 0 Å². The first-order valence-corrected chi connectivity index (χ1v) is 10.8. The van der Waals surface area contributed by atoms with E-state index in [0.29, 0.717) is 18.6 Å². The van der Waals surface area contributed by atoms with E-state index in [2.05, 4.69) is 36.4 Å². The highest BCUT2D eigenvalue weighted by Gasteiger charge is 2.24. The topological polar surface area (TPSA) is 32.7 Å². The zero-order valence-corrected chi connectivity index (χ0v) is 14.3. The Hall–Kier alpha value is -1.42. The summed E-state index contributed by atoms with van der Waals surface area (Å²) in [5, 5.41) is 4.69. The lowest BCUT2D eigenvalue weighted by atomic mass is 10.1. The van der Waals surface area contributed by atoms with Crippen LogP contribution in [0.2, 0.25) is 19.6 Å². The predicted octanol–water partition coefficient (Wildman–Crippen LogP) is 4.07. The summed E-state index contributed by atoms with van der Waals surface area (Å²) < 4.78 is 2.15. The Labute approximate surface area is 123 Å². The number of hydrazone groups is 1. The second-order valence-corrected chi connectivity index (χ2v) is 10.7. The van der Waals surface area contributed by atoms with E-state index in [0.717, 1.165) is 6.54 Å². The lowest BCUT2D eigenvalue weighted by Crippen LogP contribution is -2.43. The first-order chi connectivity index (χ1) is 9.38. The van der Waals surface area contributed by atoms with Crippen LogP contribution in [0.5, 0.6) is 0 Å². The molecule has 0 bridgehead atoms. The number of nitrogens with zero attached hydrogens (tertiary/aromatic N) is 2. The number of Topliss-reactive ketones (excluding diaryl/α,β-unsaturated/α-hetero) is 1. The van der Waals surface area contributed by atoms with Crippen LogP contribution < -0.4 is 0 Å². The van der Waals surface area contributed by atoms with Crippen molar-refractivity contribution in [1.29, 1.82) is 0 Å². The van der Waals surface area contributed by atoms with Gasteiger partial charge < -0.3 is 4.67 Å². The maximum atomic E-state index is 11.9. The van der Waals surface area contributed by atoms with Gasteiger partial charge in [-0.25, -0.2) is 0 Å². The van der Waals surface area contributed by atoms with Crippen LogP contribution in [-0.4, -0.2) is 24.4 Å². The van der Waals surface area contributed by atoms with Crippen LogP contribution in [0.4, 0.5) is 0 Å². The highest BCUT2D eigenvalue weighted by Crippen LogP contribution is 2.16. The number of carbonyl (C=O) groups excluding carboxylic acids is 1. The van der Waals surface area contributed by atoms with Crippen molar-refractivity contribution in [1.82, 2.24) is 4.67 Å². The molecular weight excluding hydrogens is 264 g/mol. The van der Waals surface area contributed by atoms with Crippen molar-refractivity contribution in [3.05, 3.63) is 35.9 Å². The fourth-order valence-corrected chi connectivity index (χ4v) is 2.93. The molecule has 0 aliphatic rings. The first kappa shape index (κ1) is 16.6. The van der Waals surface area contributed by atoms with E-state index < -0.39 is 8.24 Å². The summed E-state index contributed by atoms with van der Waals surface area (Å²) in [6, 6.07) is 10.3. The molecule has 0 fully saturated rings. The average Bonchev–Trinajstić information content (AvgIpc) is 2.42. The number of rotatable bonds is 7. The Morgan fingerprint density at radius 2 is 1.70 bits per heavy atom. The summed E-state index contributed by atoms with van der Waals surface area (Å²) >= 11 is 0. The molecule has 0 saturated heterocycles.